The number of hydrogen-bond donors (Lipinski definition) is 1. The fourth-order valence-electron chi connectivity index (χ4n) is 0. The van der Waals surface area contributed by atoms with Gasteiger partial charge in [-0.05, 0) is 6.92 Å². The van der Waals surface area contributed by atoms with Crippen molar-refractivity contribution in [3.63, 3.8) is 0 Å². The van der Waals surface area contributed by atoms with Crippen LogP contribution in [0.15, 0.2) is 0 Å². The van der Waals surface area contributed by atoms with Crippen molar-refractivity contribution in [1.29, 1.82) is 0 Å². The standard InChI is InChI=1S/C3H6O3.K.Zr/c1-2(4)3(5)6;;/h2,4H,1H3,(H,5,6);;/q;+1;+2/p-1. The second kappa shape index (κ2) is 8.95. The van der Waals surface area contributed by atoms with Gasteiger partial charge in [0.1, 0.15) is 0 Å². The normalized spacial score (nSPS) is 10.2. The third-order valence-corrected chi connectivity index (χ3v) is 0.341. The minimum Gasteiger partial charge on any atom is -0.547 e. The van der Waals surface area contributed by atoms with E-state index >= 15 is 0 Å². The molecule has 0 aromatic heterocycles. The topological polar surface area (TPSA) is 60.4 Å². The fourth-order valence-corrected chi connectivity index (χ4v) is 0. The van der Waals surface area contributed by atoms with E-state index in [0.717, 1.165) is 6.92 Å². The summed E-state index contributed by atoms with van der Waals surface area (Å²) in [5, 5.41) is 17.3. The molecule has 0 heterocycles. The zero-order valence-corrected chi connectivity index (χ0v) is 10.4. The Morgan fingerprint density at radius 3 is 1.88 bits per heavy atom. The summed E-state index contributed by atoms with van der Waals surface area (Å²) in [4.78, 5) is 9.34. The predicted octanol–water partition coefficient (Wildman–Crippen LogP) is -4.88. The Labute approximate surface area is 109 Å². The second-order valence-corrected chi connectivity index (χ2v) is 0.995. The van der Waals surface area contributed by atoms with Crippen LogP contribution in [0.25, 0.3) is 0 Å². The molecule has 0 aliphatic heterocycles. The summed E-state index contributed by atoms with van der Waals surface area (Å²) in [5.41, 5.74) is 0. The zero-order valence-electron chi connectivity index (χ0n) is 4.84. The molecule has 0 rings (SSSR count). The molecule has 1 unspecified atom stereocenters. The summed E-state index contributed by atoms with van der Waals surface area (Å²) in [6.07, 6.45) is -1.34. The number of carboxylic acids is 1. The van der Waals surface area contributed by atoms with E-state index < -0.39 is 12.1 Å². The van der Waals surface area contributed by atoms with Crippen LogP contribution < -0.4 is 56.5 Å². The second-order valence-electron chi connectivity index (χ2n) is 0.995. The van der Waals surface area contributed by atoms with Crippen molar-refractivity contribution in [3.05, 3.63) is 0 Å². The number of hydrogen-bond acceptors (Lipinski definition) is 3. The van der Waals surface area contributed by atoms with Gasteiger partial charge in [-0.25, -0.2) is 0 Å². The van der Waals surface area contributed by atoms with Gasteiger partial charge in [0.25, 0.3) is 0 Å². The molecule has 0 aliphatic carbocycles. The molecule has 3 nitrogen and oxygen atoms in total. The average molecular weight is 219 g/mol. The molecule has 0 fully saturated rings. The SMILES string of the molecule is CC(O)C(=O)[O-].[K+].[Zr+2]. The first-order valence-corrected chi connectivity index (χ1v) is 1.53. The molecule has 0 aromatic rings. The molecule has 8 heavy (non-hydrogen) atoms. The fraction of sp³-hybridized carbons (Fsp3) is 0.667. The van der Waals surface area contributed by atoms with Gasteiger partial charge in [-0.15, -0.1) is 0 Å². The predicted molar refractivity (Wildman–Crippen MR) is 16.7 cm³/mol. The van der Waals surface area contributed by atoms with Gasteiger partial charge in [-0.3, -0.25) is 0 Å². The van der Waals surface area contributed by atoms with E-state index in [0.29, 0.717) is 0 Å². The zero-order chi connectivity index (χ0) is 5.15. The Kier molecular flexibility index (Phi) is 18.5. The Hall–Kier alpha value is 1.95. The van der Waals surface area contributed by atoms with Crippen LogP contribution in [0.3, 0.4) is 0 Å². The quantitative estimate of drug-likeness (QED) is 0.450. The van der Waals surface area contributed by atoms with Crippen LogP contribution in [0.4, 0.5) is 0 Å². The minimum absolute atomic E-state index is 0. The number of carboxylic acid groups (broad SMARTS) is 1. The van der Waals surface area contributed by atoms with Gasteiger partial charge < -0.3 is 15.0 Å². The molecular formula is C3H5KO3Zr+2. The number of carbonyl (C=O) groups is 1. The van der Waals surface area contributed by atoms with Crippen LogP contribution in [0.5, 0.6) is 0 Å². The van der Waals surface area contributed by atoms with Crippen LogP contribution in [0, 0.1) is 0 Å². The molecule has 0 bridgehead atoms. The van der Waals surface area contributed by atoms with Gasteiger partial charge in [0.05, 0.1) is 12.1 Å². The van der Waals surface area contributed by atoms with Crippen molar-refractivity contribution < 1.29 is 92.6 Å². The number of aliphatic hydroxyl groups excluding tert-OH is 1. The summed E-state index contributed by atoms with van der Waals surface area (Å²) in [6, 6.07) is 0. The molecular weight excluding hydrogens is 214 g/mol. The molecule has 0 aliphatic rings. The van der Waals surface area contributed by atoms with Crippen LogP contribution in [0.1, 0.15) is 6.92 Å². The van der Waals surface area contributed by atoms with Crippen molar-refractivity contribution in [2.24, 2.45) is 0 Å². The van der Waals surface area contributed by atoms with Gasteiger partial charge in [-0.2, -0.15) is 0 Å². The van der Waals surface area contributed by atoms with Crippen LogP contribution in [-0.2, 0) is 31.0 Å². The van der Waals surface area contributed by atoms with Crippen LogP contribution in [0.2, 0.25) is 0 Å². The molecule has 0 saturated carbocycles. The Morgan fingerprint density at radius 1 is 1.75 bits per heavy atom. The molecule has 0 spiro atoms. The summed E-state index contributed by atoms with van der Waals surface area (Å²) in [7, 11) is 0. The third kappa shape index (κ3) is 10.8. The van der Waals surface area contributed by atoms with E-state index in [-0.39, 0.29) is 77.6 Å². The van der Waals surface area contributed by atoms with Gasteiger partial charge in [0.2, 0.25) is 0 Å². The first-order chi connectivity index (χ1) is 2.64. The first-order valence-electron chi connectivity index (χ1n) is 1.53. The molecule has 0 amide bonds. The Balaban J connectivity index is -0.000000125. The van der Waals surface area contributed by atoms with Crippen molar-refractivity contribution in [1.82, 2.24) is 0 Å². The van der Waals surface area contributed by atoms with E-state index in [4.69, 9.17) is 5.11 Å². The van der Waals surface area contributed by atoms with Crippen LogP contribution >= 0.6 is 0 Å². The van der Waals surface area contributed by atoms with E-state index in [9.17, 15) is 9.90 Å². The maximum Gasteiger partial charge on any atom is 2.00 e. The van der Waals surface area contributed by atoms with E-state index in [1.165, 1.54) is 0 Å². The molecule has 0 aromatic carbocycles. The summed E-state index contributed by atoms with van der Waals surface area (Å²) < 4.78 is 0. The number of rotatable bonds is 1. The van der Waals surface area contributed by atoms with Gasteiger partial charge >= 0.3 is 77.6 Å². The minimum atomic E-state index is -1.44. The maximum absolute atomic E-state index is 9.34. The monoisotopic (exact) mass is 218 g/mol. The summed E-state index contributed by atoms with van der Waals surface area (Å²) in [6.45, 7) is 1.13. The number of aliphatic carboxylic acids is 1. The molecule has 0 radical (unpaired) electrons. The molecule has 38 valence electrons. The average Bonchev–Trinajstić information content (AvgIpc) is 1.36. The van der Waals surface area contributed by atoms with Crippen molar-refractivity contribution >= 4 is 5.97 Å². The molecule has 0 saturated heterocycles. The van der Waals surface area contributed by atoms with Crippen LogP contribution in [-0.4, -0.2) is 17.2 Å². The largest absolute Gasteiger partial charge is 2.00 e. The summed E-state index contributed by atoms with van der Waals surface area (Å²) >= 11 is 0. The van der Waals surface area contributed by atoms with E-state index in [1.54, 1.807) is 0 Å². The van der Waals surface area contributed by atoms with E-state index in [1.807, 2.05) is 0 Å². The van der Waals surface area contributed by atoms with Gasteiger partial charge in [0.15, 0.2) is 0 Å². The van der Waals surface area contributed by atoms with Crippen molar-refractivity contribution in [2.45, 2.75) is 13.0 Å². The van der Waals surface area contributed by atoms with E-state index in [2.05, 4.69) is 0 Å². The van der Waals surface area contributed by atoms with Crippen molar-refractivity contribution in [3.8, 4) is 0 Å². The number of carbonyl (C=O) groups excluding carboxylic acids is 1. The van der Waals surface area contributed by atoms with Gasteiger partial charge in [0, 0.05) is 0 Å². The van der Waals surface area contributed by atoms with Gasteiger partial charge in [-0.1, -0.05) is 0 Å². The number of aliphatic hydroxyl groups is 1. The molecule has 5 heteroatoms. The third-order valence-electron chi connectivity index (χ3n) is 0.341. The summed E-state index contributed by atoms with van der Waals surface area (Å²) in [5.74, 6) is -1.44. The smallest absolute Gasteiger partial charge is 0.547 e. The first kappa shape index (κ1) is 16.5. The molecule has 1 atom stereocenters. The molecule has 1 N–H and O–H groups in total. The Morgan fingerprint density at radius 2 is 1.88 bits per heavy atom. The maximum atomic E-state index is 9.34. The Bertz CT molecular complexity index is 65.5. The van der Waals surface area contributed by atoms with Crippen molar-refractivity contribution in [2.75, 3.05) is 0 Å².